The van der Waals surface area contributed by atoms with Crippen LogP contribution in [0.25, 0.3) is 0 Å². The second kappa shape index (κ2) is 26.5. The van der Waals surface area contributed by atoms with Crippen molar-refractivity contribution in [3.8, 4) is 0 Å². The number of ether oxygens (including phenoxy) is 1. The highest BCUT2D eigenvalue weighted by atomic mass is 16.5. The fraction of sp³-hybridized carbons (Fsp3) is 0.935. The first-order valence-electron chi connectivity index (χ1n) is 15.9. The topological polar surface area (TPSA) is 102 Å². The van der Waals surface area contributed by atoms with Gasteiger partial charge in [-0.2, -0.15) is 0 Å². The SMILES string of the molecule is CCCCCCCCCCCCCCOC(=O)[C@@](CCCCN)(NCCCCCCCCCC)C(=O)O. The third-order valence-corrected chi connectivity index (χ3v) is 7.41. The van der Waals surface area contributed by atoms with Gasteiger partial charge in [0.15, 0.2) is 0 Å². The summed E-state index contributed by atoms with van der Waals surface area (Å²) >= 11 is 0. The van der Waals surface area contributed by atoms with Gasteiger partial charge in [-0.25, -0.2) is 9.59 Å². The van der Waals surface area contributed by atoms with Gasteiger partial charge < -0.3 is 15.6 Å². The zero-order chi connectivity index (χ0) is 27.5. The molecule has 37 heavy (non-hydrogen) atoms. The molecule has 4 N–H and O–H groups in total. The van der Waals surface area contributed by atoms with E-state index >= 15 is 0 Å². The summed E-state index contributed by atoms with van der Waals surface area (Å²) in [7, 11) is 0. The Hall–Kier alpha value is -1.14. The van der Waals surface area contributed by atoms with Crippen molar-refractivity contribution in [2.75, 3.05) is 19.7 Å². The smallest absolute Gasteiger partial charge is 0.338 e. The van der Waals surface area contributed by atoms with E-state index in [4.69, 9.17) is 10.5 Å². The molecule has 0 aliphatic heterocycles. The molecule has 0 radical (unpaired) electrons. The van der Waals surface area contributed by atoms with Gasteiger partial charge in [0.25, 0.3) is 0 Å². The quantitative estimate of drug-likeness (QED) is 0.0520. The zero-order valence-electron chi connectivity index (χ0n) is 24.6. The van der Waals surface area contributed by atoms with Crippen molar-refractivity contribution < 1.29 is 19.4 Å². The molecule has 0 spiro atoms. The first kappa shape index (κ1) is 35.9. The molecule has 0 bridgehead atoms. The summed E-state index contributed by atoms with van der Waals surface area (Å²) in [5, 5.41) is 13.1. The van der Waals surface area contributed by atoms with E-state index in [-0.39, 0.29) is 6.42 Å². The Kier molecular flexibility index (Phi) is 25.7. The van der Waals surface area contributed by atoms with Crippen molar-refractivity contribution in [2.45, 2.75) is 167 Å². The average Bonchev–Trinajstić information content (AvgIpc) is 2.89. The third kappa shape index (κ3) is 19.6. The van der Waals surface area contributed by atoms with Crippen molar-refractivity contribution in [3.05, 3.63) is 0 Å². The van der Waals surface area contributed by atoms with Crippen LogP contribution >= 0.6 is 0 Å². The Morgan fingerprint density at radius 1 is 0.649 bits per heavy atom. The van der Waals surface area contributed by atoms with Crippen molar-refractivity contribution in [1.82, 2.24) is 5.32 Å². The molecule has 0 fully saturated rings. The van der Waals surface area contributed by atoms with E-state index in [9.17, 15) is 14.7 Å². The molecule has 1 atom stereocenters. The van der Waals surface area contributed by atoms with Gasteiger partial charge in [-0.3, -0.25) is 5.32 Å². The molecular formula is C31H62N2O4. The van der Waals surface area contributed by atoms with Gasteiger partial charge in [0, 0.05) is 0 Å². The minimum atomic E-state index is -1.66. The molecule has 0 aliphatic rings. The monoisotopic (exact) mass is 526 g/mol. The lowest BCUT2D eigenvalue weighted by atomic mass is 9.92. The van der Waals surface area contributed by atoms with Crippen molar-refractivity contribution in [2.24, 2.45) is 5.73 Å². The normalized spacial score (nSPS) is 12.9. The molecule has 0 aromatic carbocycles. The third-order valence-electron chi connectivity index (χ3n) is 7.41. The zero-order valence-corrected chi connectivity index (χ0v) is 24.6. The summed E-state index contributed by atoms with van der Waals surface area (Å²) in [6.45, 7) is 5.76. The number of hydrogen-bond acceptors (Lipinski definition) is 5. The molecule has 6 nitrogen and oxygen atoms in total. The Labute approximate surface area is 229 Å². The van der Waals surface area contributed by atoms with Gasteiger partial charge in [0.05, 0.1) is 6.61 Å². The van der Waals surface area contributed by atoms with E-state index < -0.39 is 17.5 Å². The number of esters is 1. The Morgan fingerprint density at radius 3 is 1.51 bits per heavy atom. The molecule has 0 aromatic heterocycles. The largest absolute Gasteiger partial charge is 0.479 e. The van der Waals surface area contributed by atoms with E-state index in [1.54, 1.807) is 0 Å². The molecule has 0 unspecified atom stereocenters. The van der Waals surface area contributed by atoms with Crippen LogP contribution in [0, 0.1) is 0 Å². The standard InChI is InChI=1S/C31H62N2O4/c1-3-5-7-9-11-13-14-15-16-18-20-24-28-37-30(36)31(29(34)35,25-21-22-26-32)33-27-23-19-17-12-10-8-6-4-2/h33H,3-28,32H2,1-2H3,(H,34,35)/t31-/m0/s1. The molecule has 6 heteroatoms. The van der Waals surface area contributed by atoms with Crippen molar-refractivity contribution >= 4 is 11.9 Å². The molecule has 0 heterocycles. The summed E-state index contributed by atoms with van der Waals surface area (Å²) in [4.78, 5) is 25.2. The maximum absolute atomic E-state index is 13.0. The average molecular weight is 527 g/mol. The van der Waals surface area contributed by atoms with Crippen LogP contribution in [-0.4, -0.2) is 42.3 Å². The van der Waals surface area contributed by atoms with E-state index in [0.717, 1.165) is 38.5 Å². The lowest BCUT2D eigenvalue weighted by molar-refractivity contribution is -0.164. The van der Waals surface area contributed by atoms with Gasteiger partial charge in [-0.1, -0.05) is 129 Å². The maximum atomic E-state index is 13.0. The molecule has 0 aliphatic carbocycles. The molecule has 0 rings (SSSR count). The highest BCUT2D eigenvalue weighted by Gasteiger charge is 2.46. The van der Waals surface area contributed by atoms with Crippen LogP contribution in [-0.2, 0) is 14.3 Å². The van der Waals surface area contributed by atoms with E-state index in [1.807, 2.05) is 0 Å². The number of carboxylic acids is 1. The number of carbonyl (C=O) groups excluding carboxylic acids is 1. The molecule has 0 saturated heterocycles. The second-order valence-electron chi connectivity index (χ2n) is 10.9. The fourth-order valence-corrected chi connectivity index (χ4v) is 4.86. The van der Waals surface area contributed by atoms with Crippen LogP contribution in [0.15, 0.2) is 0 Å². The summed E-state index contributed by atoms with van der Waals surface area (Å²) in [6.07, 6.45) is 25.8. The Morgan fingerprint density at radius 2 is 1.08 bits per heavy atom. The summed E-state index contributed by atoms with van der Waals surface area (Å²) in [5.41, 5.74) is 3.95. The maximum Gasteiger partial charge on any atom is 0.338 e. The highest BCUT2D eigenvalue weighted by Crippen LogP contribution is 2.19. The Balaban J connectivity index is 4.26. The van der Waals surface area contributed by atoms with Gasteiger partial charge in [-0.15, -0.1) is 0 Å². The summed E-state index contributed by atoms with van der Waals surface area (Å²) in [5.74, 6) is -1.77. The predicted molar refractivity (Wildman–Crippen MR) is 156 cm³/mol. The molecule has 0 amide bonds. The van der Waals surface area contributed by atoms with Gasteiger partial charge in [0.2, 0.25) is 5.54 Å². The van der Waals surface area contributed by atoms with Gasteiger partial charge in [-0.05, 0) is 45.2 Å². The lowest BCUT2D eigenvalue weighted by Crippen LogP contribution is -2.59. The van der Waals surface area contributed by atoms with E-state index in [0.29, 0.717) is 32.5 Å². The van der Waals surface area contributed by atoms with Crippen LogP contribution in [0.4, 0.5) is 0 Å². The van der Waals surface area contributed by atoms with Gasteiger partial charge in [0.1, 0.15) is 0 Å². The first-order valence-corrected chi connectivity index (χ1v) is 15.9. The summed E-state index contributed by atoms with van der Waals surface area (Å²) < 4.78 is 5.51. The van der Waals surface area contributed by atoms with Crippen molar-refractivity contribution in [1.29, 1.82) is 0 Å². The molecular weight excluding hydrogens is 464 g/mol. The summed E-state index contributed by atoms with van der Waals surface area (Å²) in [6, 6.07) is 0. The minimum absolute atomic E-state index is 0.216. The van der Waals surface area contributed by atoms with Crippen LogP contribution < -0.4 is 11.1 Å². The van der Waals surface area contributed by atoms with Crippen LogP contribution in [0.1, 0.15) is 162 Å². The highest BCUT2D eigenvalue weighted by molar-refractivity contribution is 6.04. The van der Waals surface area contributed by atoms with Crippen LogP contribution in [0.3, 0.4) is 0 Å². The molecule has 0 saturated carbocycles. The predicted octanol–water partition coefficient (Wildman–Crippen LogP) is 7.91. The number of carboxylic acid groups (broad SMARTS) is 1. The number of unbranched alkanes of at least 4 members (excludes halogenated alkanes) is 19. The second-order valence-corrected chi connectivity index (χ2v) is 10.9. The molecule has 0 aromatic rings. The van der Waals surface area contributed by atoms with Gasteiger partial charge >= 0.3 is 11.9 Å². The lowest BCUT2D eigenvalue weighted by Gasteiger charge is -2.28. The van der Waals surface area contributed by atoms with E-state index in [2.05, 4.69) is 19.2 Å². The fourth-order valence-electron chi connectivity index (χ4n) is 4.86. The number of nitrogens with two attached hydrogens (primary N) is 1. The molecule has 220 valence electrons. The van der Waals surface area contributed by atoms with Crippen LogP contribution in [0.5, 0.6) is 0 Å². The number of carbonyl (C=O) groups is 2. The van der Waals surface area contributed by atoms with Crippen molar-refractivity contribution in [3.63, 3.8) is 0 Å². The Bertz CT molecular complexity index is 529. The number of aliphatic carboxylic acids is 1. The van der Waals surface area contributed by atoms with E-state index in [1.165, 1.54) is 89.9 Å². The number of hydrogen-bond donors (Lipinski definition) is 3. The first-order chi connectivity index (χ1) is 18.0. The van der Waals surface area contributed by atoms with Crippen LogP contribution in [0.2, 0.25) is 0 Å². The minimum Gasteiger partial charge on any atom is -0.479 e. The number of rotatable bonds is 29. The number of nitrogens with one attached hydrogen (secondary N) is 1.